The minimum absolute atomic E-state index is 0.215. The molecule has 1 aliphatic rings. The van der Waals surface area contributed by atoms with Gasteiger partial charge in [0.25, 0.3) is 0 Å². The van der Waals surface area contributed by atoms with E-state index in [1.165, 1.54) is 0 Å². The largest absolute Gasteiger partial charge is 0.411 e. The van der Waals surface area contributed by atoms with Gasteiger partial charge in [0, 0.05) is 6.54 Å². The molecule has 1 fully saturated rings. The van der Waals surface area contributed by atoms with E-state index in [1.54, 1.807) is 0 Å². The SMILES string of the molecule is FC(F)(F)COC[C@H]1CCCNC1. The van der Waals surface area contributed by atoms with Gasteiger partial charge in [0.05, 0.1) is 6.61 Å². The molecule has 0 amide bonds. The molecule has 78 valence electrons. The number of nitrogens with one attached hydrogen (secondary N) is 1. The molecule has 0 aromatic rings. The highest BCUT2D eigenvalue weighted by Crippen LogP contribution is 2.16. The van der Waals surface area contributed by atoms with Crippen molar-refractivity contribution >= 4 is 0 Å². The Labute approximate surface area is 75.4 Å². The molecule has 0 aromatic heterocycles. The molecule has 0 aliphatic carbocycles. The molecule has 0 unspecified atom stereocenters. The second kappa shape index (κ2) is 4.81. The lowest BCUT2D eigenvalue weighted by Crippen LogP contribution is -2.33. The van der Waals surface area contributed by atoms with E-state index in [0.717, 1.165) is 25.9 Å². The highest BCUT2D eigenvalue weighted by Gasteiger charge is 2.28. The van der Waals surface area contributed by atoms with Gasteiger partial charge < -0.3 is 10.1 Å². The summed E-state index contributed by atoms with van der Waals surface area (Å²) in [5.74, 6) is 0.246. The molecule has 1 heterocycles. The second-order valence-corrected chi connectivity index (χ2v) is 3.34. The molecular weight excluding hydrogens is 183 g/mol. The summed E-state index contributed by atoms with van der Waals surface area (Å²) in [5, 5.41) is 3.12. The molecule has 0 aromatic carbocycles. The van der Waals surface area contributed by atoms with Crippen molar-refractivity contribution in [3.63, 3.8) is 0 Å². The van der Waals surface area contributed by atoms with Crippen LogP contribution in [-0.4, -0.2) is 32.5 Å². The monoisotopic (exact) mass is 197 g/mol. The molecule has 1 N–H and O–H groups in total. The predicted molar refractivity (Wildman–Crippen MR) is 42.5 cm³/mol. The summed E-state index contributed by atoms with van der Waals surface area (Å²) >= 11 is 0. The quantitative estimate of drug-likeness (QED) is 0.741. The summed E-state index contributed by atoms with van der Waals surface area (Å²) in [7, 11) is 0. The second-order valence-electron chi connectivity index (χ2n) is 3.34. The fourth-order valence-electron chi connectivity index (χ4n) is 1.41. The Kier molecular flexibility index (Phi) is 3.99. The van der Waals surface area contributed by atoms with Crippen molar-refractivity contribution in [2.75, 3.05) is 26.3 Å². The van der Waals surface area contributed by atoms with E-state index in [1.807, 2.05) is 0 Å². The maximum absolute atomic E-state index is 11.7. The van der Waals surface area contributed by atoms with E-state index < -0.39 is 12.8 Å². The fourth-order valence-corrected chi connectivity index (χ4v) is 1.41. The van der Waals surface area contributed by atoms with Crippen molar-refractivity contribution in [3.8, 4) is 0 Å². The van der Waals surface area contributed by atoms with Crippen molar-refractivity contribution in [1.82, 2.24) is 5.32 Å². The summed E-state index contributed by atoms with van der Waals surface area (Å²) in [5.41, 5.74) is 0. The highest BCUT2D eigenvalue weighted by atomic mass is 19.4. The molecule has 0 radical (unpaired) electrons. The minimum atomic E-state index is -4.19. The molecule has 1 aliphatic heterocycles. The predicted octanol–water partition coefficient (Wildman–Crippen LogP) is 1.56. The Hall–Kier alpha value is -0.290. The summed E-state index contributed by atoms with van der Waals surface area (Å²) < 4.78 is 39.6. The average molecular weight is 197 g/mol. The fraction of sp³-hybridized carbons (Fsp3) is 1.00. The van der Waals surface area contributed by atoms with Crippen LogP contribution in [0.1, 0.15) is 12.8 Å². The van der Waals surface area contributed by atoms with Crippen molar-refractivity contribution in [2.24, 2.45) is 5.92 Å². The zero-order chi connectivity index (χ0) is 9.73. The van der Waals surface area contributed by atoms with E-state index in [0.29, 0.717) is 0 Å². The molecule has 5 heteroatoms. The summed E-state index contributed by atoms with van der Waals surface area (Å²) in [6.07, 6.45) is -2.20. The molecule has 1 atom stereocenters. The van der Waals surface area contributed by atoms with Gasteiger partial charge in [-0.25, -0.2) is 0 Å². The molecule has 0 bridgehead atoms. The Morgan fingerprint density at radius 1 is 1.38 bits per heavy atom. The van der Waals surface area contributed by atoms with Gasteiger partial charge in [-0.3, -0.25) is 0 Å². The van der Waals surface area contributed by atoms with E-state index in [2.05, 4.69) is 10.1 Å². The molecular formula is C8H14F3NO. The third-order valence-electron chi connectivity index (χ3n) is 2.02. The smallest absolute Gasteiger partial charge is 0.372 e. The van der Waals surface area contributed by atoms with Gasteiger partial charge >= 0.3 is 6.18 Å². The lowest BCUT2D eigenvalue weighted by Gasteiger charge is -2.22. The first kappa shape index (κ1) is 10.8. The van der Waals surface area contributed by atoms with Crippen LogP contribution in [-0.2, 0) is 4.74 Å². The van der Waals surface area contributed by atoms with Gasteiger partial charge in [-0.2, -0.15) is 13.2 Å². The van der Waals surface area contributed by atoms with E-state index in [9.17, 15) is 13.2 Å². The summed E-state index contributed by atoms with van der Waals surface area (Å²) in [4.78, 5) is 0. The minimum Gasteiger partial charge on any atom is -0.372 e. The first-order chi connectivity index (χ1) is 6.08. The Morgan fingerprint density at radius 2 is 2.15 bits per heavy atom. The average Bonchev–Trinajstić information content (AvgIpc) is 2.04. The van der Waals surface area contributed by atoms with Crippen LogP contribution in [0.5, 0.6) is 0 Å². The van der Waals surface area contributed by atoms with E-state index in [4.69, 9.17) is 0 Å². The summed E-state index contributed by atoms with van der Waals surface area (Å²) in [6.45, 7) is 0.837. The number of halogens is 3. The van der Waals surface area contributed by atoms with Crippen LogP contribution in [0.4, 0.5) is 13.2 Å². The number of hydrogen-bond acceptors (Lipinski definition) is 2. The van der Waals surface area contributed by atoms with Crippen LogP contribution >= 0.6 is 0 Å². The van der Waals surface area contributed by atoms with Crippen LogP contribution in [0.3, 0.4) is 0 Å². The third kappa shape index (κ3) is 5.10. The van der Waals surface area contributed by atoms with E-state index in [-0.39, 0.29) is 12.5 Å². The number of piperidine rings is 1. The Balaban J connectivity index is 2.04. The molecule has 13 heavy (non-hydrogen) atoms. The van der Waals surface area contributed by atoms with Crippen LogP contribution in [0.15, 0.2) is 0 Å². The van der Waals surface area contributed by atoms with E-state index >= 15 is 0 Å². The number of hydrogen-bond donors (Lipinski definition) is 1. The molecule has 0 spiro atoms. The van der Waals surface area contributed by atoms with Crippen LogP contribution in [0, 0.1) is 5.92 Å². The van der Waals surface area contributed by atoms with Gasteiger partial charge in [0.1, 0.15) is 6.61 Å². The molecule has 2 nitrogen and oxygen atoms in total. The summed E-state index contributed by atoms with van der Waals surface area (Å²) in [6, 6.07) is 0. The lowest BCUT2D eigenvalue weighted by atomic mass is 10.0. The van der Waals surface area contributed by atoms with Crippen LogP contribution < -0.4 is 5.32 Å². The van der Waals surface area contributed by atoms with Gasteiger partial charge in [0.15, 0.2) is 0 Å². The van der Waals surface area contributed by atoms with Crippen LogP contribution in [0.25, 0.3) is 0 Å². The highest BCUT2D eigenvalue weighted by molar-refractivity contribution is 4.68. The number of alkyl halides is 3. The maximum atomic E-state index is 11.7. The normalized spacial score (nSPS) is 24.7. The first-order valence-corrected chi connectivity index (χ1v) is 4.43. The van der Waals surface area contributed by atoms with Gasteiger partial charge in [-0.1, -0.05) is 0 Å². The van der Waals surface area contributed by atoms with Gasteiger partial charge in [0.2, 0.25) is 0 Å². The van der Waals surface area contributed by atoms with Crippen molar-refractivity contribution in [3.05, 3.63) is 0 Å². The topological polar surface area (TPSA) is 21.3 Å². The molecule has 1 saturated heterocycles. The van der Waals surface area contributed by atoms with Crippen LogP contribution in [0.2, 0.25) is 0 Å². The number of ether oxygens (including phenoxy) is 1. The maximum Gasteiger partial charge on any atom is 0.411 e. The zero-order valence-corrected chi connectivity index (χ0v) is 7.36. The van der Waals surface area contributed by atoms with Crippen molar-refractivity contribution in [1.29, 1.82) is 0 Å². The van der Waals surface area contributed by atoms with Gasteiger partial charge in [-0.15, -0.1) is 0 Å². The zero-order valence-electron chi connectivity index (χ0n) is 7.36. The first-order valence-electron chi connectivity index (χ1n) is 4.43. The molecule has 1 rings (SSSR count). The van der Waals surface area contributed by atoms with Gasteiger partial charge in [-0.05, 0) is 25.3 Å². The van der Waals surface area contributed by atoms with Crippen molar-refractivity contribution in [2.45, 2.75) is 19.0 Å². The lowest BCUT2D eigenvalue weighted by molar-refractivity contribution is -0.176. The Morgan fingerprint density at radius 3 is 2.69 bits per heavy atom. The Bertz CT molecular complexity index is 143. The van der Waals surface area contributed by atoms with Crippen molar-refractivity contribution < 1.29 is 17.9 Å². The standard InChI is InChI=1S/C8H14F3NO/c9-8(10,11)6-13-5-7-2-1-3-12-4-7/h7,12H,1-6H2/t7-/m0/s1. The number of rotatable bonds is 3. The molecule has 0 saturated carbocycles. The third-order valence-corrected chi connectivity index (χ3v) is 2.02.